The van der Waals surface area contributed by atoms with Crippen LogP contribution < -0.4 is 5.32 Å². The number of likely N-dealkylation sites (N-methyl/N-ethyl adjacent to an activating group) is 1. The zero-order valence-corrected chi connectivity index (χ0v) is 12.7. The highest BCUT2D eigenvalue weighted by Crippen LogP contribution is 2.48. The van der Waals surface area contributed by atoms with Gasteiger partial charge in [-0.1, -0.05) is 25.7 Å². The Morgan fingerprint density at radius 3 is 2.53 bits per heavy atom. The molecule has 0 radical (unpaired) electrons. The number of nitrogens with zero attached hydrogens (tertiary/aromatic N) is 1. The highest BCUT2D eigenvalue weighted by molar-refractivity contribution is 4.91. The largest absolute Gasteiger partial charge is 0.313 e. The Morgan fingerprint density at radius 2 is 1.84 bits per heavy atom. The van der Waals surface area contributed by atoms with Crippen molar-refractivity contribution in [2.45, 2.75) is 63.8 Å². The van der Waals surface area contributed by atoms with Crippen LogP contribution in [0.2, 0.25) is 0 Å². The fourth-order valence-corrected chi connectivity index (χ4v) is 4.86. The second-order valence-electron chi connectivity index (χ2n) is 7.49. The van der Waals surface area contributed by atoms with E-state index < -0.39 is 0 Å². The predicted octanol–water partition coefficient (Wildman–Crippen LogP) is 3.28. The van der Waals surface area contributed by atoms with Crippen LogP contribution in [0, 0.1) is 17.8 Å². The lowest BCUT2D eigenvalue weighted by molar-refractivity contribution is 0.216. The molecule has 110 valence electrons. The summed E-state index contributed by atoms with van der Waals surface area (Å²) in [4.78, 5) is 2.58. The molecular formula is C17H32N2. The number of fused-ring (bicyclic) bond motifs is 2. The van der Waals surface area contributed by atoms with Gasteiger partial charge in [-0.2, -0.15) is 0 Å². The Bertz CT molecular complexity index is 272. The van der Waals surface area contributed by atoms with E-state index in [9.17, 15) is 0 Å². The maximum Gasteiger partial charge on any atom is 0.0104 e. The van der Waals surface area contributed by atoms with Gasteiger partial charge in [0.05, 0.1) is 0 Å². The molecule has 2 nitrogen and oxygen atoms in total. The first kappa shape index (κ1) is 13.9. The van der Waals surface area contributed by atoms with E-state index in [1.165, 1.54) is 71.0 Å². The molecule has 0 aromatic heterocycles. The van der Waals surface area contributed by atoms with Crippen molar-refractivity contribution in [3.05, 3.63) is 0 Å². The Labute approximate surface area is 119 Å². The van der Waals surface area contributed by atoms with Crippen molar-refractivity contribution in [2.24, 2.45) is 17.8 Å². The molecule has 3 fully saturated rings. The van der Waals surface area contributed by atoms with Crippen LogP contribution in [0.4, 0.5) is 0 Å². The van der Waals surface area contributed by atoms with Crippen LogP contribution in [0.25, 0.3) is 0 Å². The fourth-order valence-electron chi connectivity index (χ4n) is 4.86. The summed E-state index contributed by atoms with van der Waals surface area (Å²) in [7, 11) is 2.33. The number of rotatable bonds is 6. The molecule has 3 rings (SSSR count). The minimum atomic E-state index is 0.824. The topological polar surface area (TPSA) is 15.3 Å². The zero-order valence-electron chi connectivity index (χ0n) is 12.7. The maximum absolute atomic E-state index is 3.77. The Hall–Kier alpha value is -0.0800. The van der Waals surface area contributed by atoms with Gasteiger partial charge in [-0.25, -0.2) is 0 Å². The molecule has 0 heterocycles. The van der Waals surface area contributed by atoms with Crippen molar-refractivity contribution in [2.75, 3.05) is 26.7 Å². The average molecular weight is 264 g/mol. The summed E-state index contributed by atoms with van der Waals surface area (Å²) >= 11 is 0. The summed E-state index contributed by atoms with van der Waals surface area (Å²) in [5.41, 5.74) is 0. The second kappa shape index (κ2) is 6.58. The van der Waals surface area contributed by atoms with Crippen molar-refractivity contribution >= 4 is 0 Å². The first-order valence-electron chi connectivity index (χ1n) is 8.73. The summed E-state index contributed by atoms with van der Waals surface area (Å²) in [6, 6.07) is 0.824. The lowest BCUT2D eigenvalue weighted by Gasteiger charge is -2.28. The van der Waals surface area contributed by atoms with Gasteiger partial charge in [-0.15, -0.1) is 0 Å². The van der Waals surface area contributed by atoms with Crippen molar-refractivity contribution in [3.8, 4) is 0 Å². The lowest BCUT2D eigenvalue weighted by Crippen LogP contribution is -2.38. The van der Waals surface area contributed by atoms with Gasteiger partial charge in [0.25, 0.3) is 0 Å². The first-order valence-corrected chi connectivity index (χ1v) is 8.73. The Kier molecular flexibility index (Phi) is 4.81. The van der Waals surface area contributed by atoms with Crippen LogP contribution in [0.3, 0.4) is 0 Å². The van der Waals surface area contributed by atoms with Gasteiger partial charge in [0.15, 0.2) is 0 Å². The molecular weight excluding hydrogens is 232 g/mol. The van der Waals surface area contributed by atoms with Crippen LogP contribution in [0.15, 0.2) is 0 Å². The van der Waals surface area contributed by atoms with Crippen LogP contribution >= 0.6 is 0 Å². The molecule has 3 unspecified atom stereocenters. The van der Waals surface area contributed by atoms with Gasteiger partial charge in [-0.3, -0.25) is 0 Å². The van der Waals surface area contributed by atoms with E-state index in [1.54, 1.807) is 6.42 Å². The number of hydrogen-bond acceptors (Lipinski definition) is 2. The molecule has 0 aromatic rings. The van der Waals surface area contributed by atoms with Gasteiger partial charge in [0.2, 0.25) is 0 Å². The number of hydrogen-bond donors (Lipinski definition) is 1. The van der Waals surface area contributed by atoms with Crippen molar-refractivity contribution < 1.29 is 0 Å². The molecule has 1 N–H and O–H groups in total. The van der Waals surface area contributed by atoms with E-state index in [0.29, 0.717) is 0 Å². The molecule has 3 saturated carbocycles. The minimum Gasteiger partial charge on any atom is -0.313 e. The standard InChI is InChI=1S/C17H32N2/c1-19(10-9-18-17-5-3-2-4-6-17)13-16-12-14-7-8-15(16)11-14/h14-18H,2-13H2,1H3. The maximum atomic E-state index is 3.77. The minimum absolute atomic E-state index is 0.824. The van der Waals surface area contributed by atoms with E-state index >= 15 is 0 Å². The quantitative estimate of drug-likeness (QED) is 0.792. The molecule has 3 atom stereocenters. The summed E-state index contributed by atoms with van der Waals surface area (Å²) < 4.78 is 0. The van der Waals surface area contributed by atoms with Crippen molar-refractivity contribution in [1.29, 1.82) is 0 Å². The van der Waals surface area contributed by atoms with E-state index in [-0.39, 0.29) is 0 Å². The zero-order chi connectivity index (χ0) is 13.1. The normalized spacial score (nSPS) is 35.4. The summed E-state index contributed by atoms with van der Waals surface area (Å²) in [6.45, 7) is 3.79. The van der Waals surface area contributed by atoms with E-state index in [2.05, 4.69) is 17.3 Å². The molecule has 2 heteroatoms. The van der Waals surface area contributed by atoms with Crippen LogP contribution in [0.5, 0.6) is 0 Å². The molecule has 3 aliphatic carbocycles. The fraction of sp³-hybridized carbons (Fsp3) is 1.00. The third-order valence-electron chi connectivity index (χ3n) is 5.96. The van der Waals surface area contributed by atoms with E-state index in [0.717, 1.165) is 23.8 Å². The third kappa shape index (κ3) is 3.72. The highest BCUT2D eigenvalue weighted by atomic mass is 15.1. The Balaban J connectivity index is 1.29. The SMILES string of the molecule is CN(CCNC1CCCCC1)CC1CC2CCC1C2. The first-order chi connectivity index (χ1) is 9.31. The van der Waals surface area contributed by atoms with Gasteiger partial charge in [0.1, 0.15) is 0 Å². The van der Waals surface area contributed by atoms with Gasteiger partial charge >= 0.3 is 0 Å². The molecule has 0 amide bonds. The molecule has 2 bridgehead atoms. The molecule has 0 aromatic carbocycles. The molecule has 0 aliphatic heterocycles. The van der Waals surface area contributed by atoms with Crippen LogP contribution in [-0.2, 0) is 0 Å². The van der Waals surface area contributed by atoms with Crippen LogP contribution in [-0.4, -0.2) is 37.6 Å². The molecule has 19 heavy (non-hydrogen) atoms. The monoisotopic (exact) mass is 264 g/mol. The average Bonchev–Trinajstić information content (AvgIpc) is 3.02. The van der Waals surface area contributed by atoms with Crippen molar-refractivity contribution in [1.82, 2.24) is 10.2 Å². The highest BCUT2D eigenvalue weighted by Gasteiger charge is 2.39. The third-order valence-corrected chi connectivity index (χ3v) is 5.96. The molecule has 3 aliphatic rings. The number of nitrogens with one attached hydrogen (secondary N) is 1. The van der Waals surface area contributed by atoms with E-state index in [1.807, 2.05) is 0 Å². The lowest BCUT2D eigenvalue weighted by atomic mass is 9.88. The van der Waals surface area contributed by atoms with E-state index in [4.69, 9.17) is 0 Å². The van der Waals surface area contributed by atoms with Crippen LogP contribution in [0.1, 0.15) is 57.8 Å². The van der Waals surface area contributed by atoms with Gasteiger partial charge < -0.3 is 10.2 Å². The Morgan fingerprint density at radius 1 is 1.00 bits per heavy atom. The predicted molar refractivity (Wildman–Crippen MR) is 81.3 cm³/mol. The summed E-state index contributed by atoms with van der Waals surface area (Å²) in [5, 5.41) is 3.77. The van der Waals surface area contributed by atoms with Gasteiger partial charge in [0, 0.05) is 25.7 Å². The second-order valence-corrected chi connectivity index (χ2v) is 7.49. The smallest absolute Gasteiger partial charge is 0.0104 e. The molecule has 0 spiro atoms. The van der Waals surface area contributed by atoms with Crippen molar-refractivity contribution in [3.63, 3.8) is 0 Å². The molecule has 0 saturated heterocycles. The summed E-state index contributed by atoms with van der Waals surface area (Å²) in [5.74, 6) is 3.21. The van der Waals surface area contributed by atoms with Gasteiger partial charge in [-0.05, 0) is 56.9 Å². The summed E-state index contributed by atoms with van der Waals surface area (Å²) in [6.07, 6.45) is 13.3.